The van der Waals surface area contributed by atoms with Crippen LogP contribution in [0.25, 0.3) is 10.9 Å². The molecule has 2 aromatic carbocycles. The van der Waals surface area contributed by atoms with Crippen LogP contribution in [0.4, 0.5) is 0 Å². The van der Waals surface area contributed by atoms with Crippen molar-refractivity contribution in [2.45, 2.75) is 13.5 Å². The molecule has 9 nitrogen and oxygen atoms in total. The molecule has 1 saturated heterocycles. The van der Waals surface area contributed by atoms with Crippen molar-refractivity contribution in [3.63, 3.8) is 0 Å². The van der Waals surface area contributed by atoms with Gasteiger partial charge in [0.2, 0.25) is 0 Å². The summed E-state index contributed by atoms with van der Waals surface area (Å²) in [7, 11) is 0. The molecule has 0 unspecified atom stereocenters. The number of carbonyl (C=O) groups is 3. The molecule has 1 amide bonds. The number of piperazine rings is 1. The Labute approximate surface area is 191 Å². The molecule has 2 heterocycles. The van der Waals surface area contributed by atoms with Crippen LogP contribution in [0.5, 0.6) is 5.75 Å². The van der Waals surface area contributed by atoms with Crippen LogP contribution in [0.1, 0.15) is 11.1 Å². The van der Waals surface area contributed by atoms with E-state index in [2.05, 4.69) is 34.3 Å². The molecular weight excluding hydrogens is 426 g/mol. The standard InChI is InChI=1S/C22H25N3O2.C2H2O4/c1-17-6-8-19(9-7-17)27-16-22(26)25-12-10-24(11-13-25)15-18-14-23-21-5-3-2-4-20(18)21;3-1(4)2(5)6/h2-9,14,23H,10-13,15-16H2,1H3;(H,3,4)(H,5,6). The van der Waals surface area contributed by atoms with Crippen LogP contribution in [-0.2, 0) is 20.9 Å². The number of hydrogen-bond acceptors (Lipinski definition) is 5. The Balaban J connectivity index is 0.000000454. The van der Waals surface area contributed by atoms with Gasteiger partial charge < -0.3 is 24.8 Å². The van der Waals surface area contributed by atoms with Crippen LogP contribution in [0, 0.1) is 6.92 Å². The van der Waals surface area contributed by atoms with Crippen molar-refractivity contribution in [2.24, 2.45) is 0 Å². The highest BCUT2D eigenvalue weighted by Gasteiger charge is 2.22. The number of ether oxygens (including phenoxy) is 1. The molecule has 3 N–H and O–H groups in total. The lowest BCUT2D eigenvalue weighted by Crippen LogP contribution is -2.49. The number of carbonyl (C=O) groups excluding carboxylic acids is 1. The van der Waals surface area contributed by atoms with E-state index in [-0.39, 0.29) is 12.5 Å². The summed E-state index contributed by atoms with van der Waals surface area (Å²) in [6.45, 7) is 6.31. The third kappa shape index (κ3) is 6.81. The molecule has 4 rings (SSSR count). The molecule has 174 valence electrons. The number of benzene rings is 2. The number of aromatic nitrogens is 1. The second kappa shape index (κ2) is 11.1. The van der Waals surface area contributed by atoms with Crippen molar-refractivity contribution in [1.29, 1.82) is 0 Å². The first kappa shape index (κ1) is 23.8. The lowest BCUT2D eigenvalue weighted by molar-refractivity contribution is -0.159. The molecule has 1 aromatic heterocycles. The maximum atomic E-state index is 12.4. The second-order valence-electron chi connectivity index (χ2n) is 7.73. The maximum absolute atomic E-state index is 12.4. The van der Waals surface area contributed by atoms with Gasteiger partial charge in [-0.3, -0.25) is 9.69 Å². The lowest BCUT2D eigenvalue weighted by Gasteiger charge is -2.34. The molecule has 1 aliphatic heterocycles. The molecule has 3 aromatic rings. The van der Waals surface area contributed by atoms with Gasteiger partial charge >= 0.3 is 11.9 Å². The summed E-state index contributed by atoms with van der Waals surface area (Å²) >= 11 is 0. The number of aliphatic carboxylic acids is 2. The minimum Gasteiger partial charge on any atom is -0.484 e. The van der Waals surface area contributed by atoms with Crippen LogP contribution < -0.4 is 4.74 Å². The predicted octanol–water partition coefficient (Wildman–Crippen LogP) is 2.36. The van der Waals surface area contributed by atoms with Crippen molar-refractivity contribution in [1.82, 2.24) is 14.8 Å². The molecule has 0 aliphatic carbocycles. The number of fused-ring (bicyclic) bond motifs is 1. The van der Waals surface area contributed by atoms with Gasteiger partial charge in [0.15, 0.2) is 6.61 Å². The fourth-order valence-electron chi connectivity index (χ4n) is 3.53. The van der Waals surface area contributed by atoms with E-state index in [1.807, 2.05) is 42.2 Å². The summed E-state index contributed by atoms with van der Waals surface area (Å²) in [6.07, 6.45) is 2.09. The number of nitrogens with one attached hydrogen (secondary N) is 1. The van der Waals surface area contributed by atoms with Crippen LogP contribution >= 0.6 is 0 Å². The van der Waals surface area contributed by atoms with Gasteiger partial charge in [-0.05, 0) is 30.7 Å². The Morgan fingerprint density at radius 3 is 2.21 bits per heavy atom. The first-order chi connectivity index (χ1) is 15.8. The molecule has 0 bridgehead atoms. The Bertz CT molecular complexity index is 1090. The predicted molar refractivity (Wildman–Crippen MR) is 122 cm³/mol. The number of H-pyrrole nitrogens is 1. The highest BCUT2D eigenvalue weighted by Crippen LogP contribution is 2.20. The normalized spacial score (nSPS) is 13.8. The first-order valence-corrected chi connectivity index (χ1v) is 10.5. The van der Waals surface area contributed by atoms with Crippen LogP contribution in [0.2, 0.25) is 0 Å². The Hall–Kier alpha value is -3.85. The molecular formula is C24H27N3O6. The molecule has 0 radical (unpaired) electrons. The number of aromatic amines is 1. The number of nitrogens with zero attached hydrogens (tertiary/aromatic N) is 2. The molecule has 1 fully saturated rings. The third-order valence-electron chi connectivity index (χ3n) is 5.36. The Morgan fingerprint density at radius 1 is 0.939 bits per heavy atom. The van der Waals surface area contributed by atoms with Crippen molar-refractivity contribution in [3.8, 4) is 5.75 Å². The van der Waals surface area contributed by atoms with E-state index in [4.69, 9.17) is 24.5 Å². The number of aryl methyl sites for hydroxylation is 1. The Morgan fingerprint density at radius 2 is 1.58 bits per heavy atom. The lowest BCUT2D eigenvalue weighted by atomic mass is 10.1. The van der Waals surface area contributed by atoms with Crippen molar-refractivity contribution in [3.05, 3.63) is 65.9 Å². The van der Waals surface area contributed by atoms with Gasteiger partial charge in [0, 0.05) is 49.8 Å². The summed E-state index contributed by atoms with van der Waals surface area (Å²) in [6, 6.07) is 16.2. The van der Waals surface area contributed by atoms with Gasteiger partial charge in [-0.2, -0.15) is 0 Å². The molecule has 9 heteroatoms. The maximum Gasteiger partial charge on any atom is 0.414 e. The van der Waals surface area contributed by atoms with E-state index in [1.54, 1.807) is 0 Å². The van der Waals surface area contributed by atoms with Gasteiger partial charge in [-0.15, -0.1) is 0 Å². The molecule has 1 aliphatic rings. The average Bonchev–Trinajstić information content (AvgIpc) is 3.22. The smallest absolute Gasteiger partial charge is 0.414 e. The van der Waals surface area contributed by atoms with Crippen LogP contribution in [0.3, 0.4) is 0 Å². The number of carboxylic acid groups (broad SMARTS) is 2. The molecule has 33 heavy (non-hydrogen) atoms. The van der Waals surface area contributed by atoms with Crippen LogP contribution in [0.15, 0.2) is 54.7 Å². The zero-order chi connectivity index (χ0) is 23.8. The van der Waals surface area contributed by atoms with Gasteiger partial charge in [-0.25, -0.2) is 9.59 Å². The first-order valence-electron chi connectivity index (χ1n) is 10.5. The average molecular weight is 453 g/mol. The van der Waals surface area contributed by atoms with Crippen molar-refractivity contribution in [2.75, 3.05) is 32.8 Å². The molecule has 0 saturated carbocycles. The van der Waals surface area contributed by atoms with Gasteiger partial charge in [0.1, 0.15) is 5.75 Å². The quantitative estimate of drug-likeness (QED) is 0.507. The van der Waals surface area contributed by atoms with E-state index >= 15 is 0 Å². The molecule has 0 spiro atoms. The number of amides is 1. The summed E-state index contributed by atoms with van der Waals surface area (Å²) in [4.78, 5) is 38.3. The minimum absolute atomic E-state index is 0.0577. The highest BCUT2D eigenvalue weighted by atomic mass is 16.5. The van der Waals surface area contributed by atoms with E-state index in [9.17, 15) is 4.79 Å². The largest absolute Gasteiger partial charge is 0.484 e. The van der Waals surface area contributed by atoms with E-state index in [1.165, 1.54) is 22.0 Å². The SMILES string of the molecule is Cc1ccc(OCC(=O)N2CCN(Cc3c[nH]c4ccccc34)CC2)cc1.O=C(O)C(=O)O. The summed E-state index contributed by atoms with van der Waals surface area (Å²) in [5.74, 6) is -2.85. The fourth-order valence-corrected chi connectivity index (χ4v) is 3.53. The van der Waals surface area contributed by atoms with E-state index in [0.717, 1.165) is 38.5 Å². The van der Waals surface area contributed by atoms with E-state index in [0.29, 0.717) is 0 Å². The number of carboxylic acids is 2. The summed E-state index contributed by atoms with van der Waals surface area (Å²) in [5.41, 5.74) is 3.67. The van der Waals surface area contributed by atoms with Gasteiger partial charge in [0.25, 0.3) is 5.91 Å². The monoisotopic (exact) mass is 453 g/mol. The topological polar surface area (TPSA) is 123 Å². The van der Waals surface area contributed by atoms with Gasteiger partial charge in [-0.1, -0.05) is 35.9 Å². The fraction of sp³-hybridized carbons (Fsp3) is 0.292. The number of para-hydroxylation sites is 1. The molecule has 0 atom stereocenters. The summed E-state index contributed by atoms with van der Waals surface area (Å²) in [5, 5.41) is 16.1. The van der Waals surface area contributed by atoms with E-state index < -0.39 is 11.9 Å². The highest BCUT2D eigenvalue weighted by molar-refractivity contribution is 6.27. The zero-order valence-corrected chi connectivity index (χ0v) is 18.4. The second-order valence-corrected chi connectivity index (χ2v) is 7.73. The van der Waals surface area contributed by atoms with Gasteiger partial charge in [0.05, 0.1) is 0 Å². The minimum atomic E-state index is -1.82. The Kier molecular flexibility index (Phi) is 8.04. The zero-order valence-electron chi connectivity index (χ0n) is 18.4. The number of hydrogen-bond donors (Lipinski definition) is 3. The van der Waals surface area contributed by atoms with Crippen LogP contribution in [-0.4, -0.2) is 75.6 Å². The van der Waals surface area contributed by atoms with Crippen molar-refractivity contribution < 1.29 is 29.3 Å². The third-order valence-corrected chi connectivity index (χ3v) is 5.36. The van der Waals surface area contributed by atoms with Crippen molar-refractivity contribution >= 4 is 28.7 Å². The summed E-state index contributed by atoms with van der Waals surface area (Å²) < 4.78 is 5.63. The number of rotatable bonds is 5.